The molecule has 1 saturated heterocycles. The molecule has 0 saturated carbocycles. The number of hydrogen-bond donors (Lipinski definition) is 3. The van der Waals surface area contributed by atoms with Crippen molar-refractivity contribution in [3.8, 4) is 5.75 Å². The SMILES string of the molecule is Cc1[nH]cnc1CN1CCC2(C/C=C/Cc3ccccc3OCC(=O)NCCNC2=O)CC1. The Hall–Kier alpha value is -3.13. The molecule has 1 aromatic carbocycles. The number of likely N-dealkylation sites (tertiary alicyclic amines) is 1. The molecule has 8 heteroatoms. The van der Waals surface area contributed by atoms with Crippen molar-refractivity contribution in [3.63, 3.8) is 0 Å². The lowest BCUT2D eigenvalue weighted by atomic mass is 9.74. The first-order valence-electron chi connectivity index (χ1n) is 11.7. The number of aryl methyl sites for hydroxylation is 1. The van der Waals surface area contributed by atoms with E-state index in [1.54, 1.807) is 6.33 Å². The second kappa shape index (κ2) is 10.7. The number of carbonyl (C=O) groups is 2. The van der Waals surface area contributed by atoms with Crippen LogP contribution in [0.2, 0.25) is 0 Å². The van der Waals surface area contributed by atoms with E-state index in [1.807, 2.05) is 31.2 Å². The van der Waals surface area contributed by atoms with E-state index in [9.17, 15) is 9.59 Å². The third kappa shape index (κ3) is 5.82. The van der Waals surface area contributed by atoms with Gasteiger partial charge in [0.25, 0.3) is 5.91 Å². The van der Waals surface area contributed by atoms with Gasteiger partial charge >= 0.3 is 0 Å². The molecular formula is C25H33N5O3. The normalized spacial score (nSPS) is 21.1. The van der Waals surface area contributed by atoms with E-state index in [0.29, 0.717) is 25.9 Å². The summed E-state index contributed by atoms with van der Waals surface area (Å²) in [5.41, 5.74) is 2.75. The summed E-state index contributed by atoms with van der Waals surface area (Å²) >= 11 is 0. The molecule has 0 atom stereocenters. The molecule has 3 heterocycles. The minimum Gasteiger partial charge on any atom is -0.483 e. The molecule has 0 radical (unpaired) electrons. The van der Waals surface area contributed by atoms with E-state index in [2.05, 4.69) is 37.7 Å². The van der Waals surface area contributed by atoms with Gasteiger partial charge in [0.2, 0.25) is 5.91 Å². The van der Waals surface area contributed by atoms with Gasteiger partial charge in [0.15, 0.2) is 6.61 Å². The Labute approximate surface area is 194 Å². The van der Waals surface area contributed by atoms with Gasteiger partial charge in [-0.25, -0.2) is 4.98 Å². The van der Waals surface area contributed by atoms with Gasteiger partial charge < -0.3 is 20.4 Å². The second-order valence-corrected chi connectivity index (χ2v) is 8.91. The number of imidazole rings is 1. The molecule has 0 bridgehead atoms. The van der Waals surface area contributed by atoms with Gasteiger partial charge in [-0.05, 0) is 57.3 Å². The molecule has 33 heavy (non-hydrogen) atoms. The summed E-state index contributed by atoms with van der Waals surface area (Å²) in [6.07, 6.45) is 8.94. The van der Waals surface area contributed by atoms with E-state index in [-0.39, 0.29) is 18.4 Å². The Balaban J connectivity index is 1.46. The van der Waals surface area contributed by atoms with Crippen molar-refractivity contribution in [2.24, 2.45) is 5.41 Å². The maximum atomic E-state index is 13.3. The number of fused-ring (bicyclic) bond motifs is 1. The average molecular weight is 452 g/mol. The summed E-state index contributed by atoms with van der Waals surface area (Å²) in [6.45, 7) is 5.28. The Morgan fingerprint density at radius 3 is 2.67 bits per heavy atom. The Kier molecular flexibility index (Phi) is 7.44. The molecule has 0 unspecified atom stereocenters. The van der Waals surface area contributed by atoms with Crippen LogP contribution in [0.4, 0.5) is 0 Å². The first-order valence-corrected chi connectivity index (χ1v) is 11.7. The van der Waals surface area contributed by atoms with Gasteiger partial charge in [-0.2, -0.15) is 0 Å². The number of ether oxygens (including phenoxy) is 1. The van der Waals surface area contributed by atoms with Gasteiger partial charge in [-0.1, -0.05) is 30.4 Å². The zero-order valence-electron chi connectivity index (χ0n) is 19.2. The van der Waals surface area contributed by atoms with Crippen LogP contribution in [0.5, 0.6) is 5.75 Å². The van der Waals surface area contributed by atoms with Gasteiger partial charge in [-0.15, -0.1) is 0 Å². The standard InChI is InChI=1S/C25H33N5O3/c1-19-21(29-18-28-19)16-30-14-10-25(11-15-30)9-5-4-7-20-6-2-3-8-22(20)33-17-23(31)26-12-13-27-24(25)32/h2-6,8,18H,7,9-17H2,1H3,(H,26,31)(H,27,32)(H,28,29)/b5-4+. The average Bonchev–Trinajstić information content (AvgIpc) is 3.23. The number of nitrogens with zero attached hydrogens (tertiary/aromatic N) is 2. The van der Waals surface area contributed by atoms with Crippen LogP contribution in [0.15, 0.2) is 42.7 Å². The molecule has 1 fully saturated rings. The molecule has 8 nitrogen and oxygen atoms in total. The summed E-state index contributed by atoms with van der Waals surface area (Å²) < 4.78 is 5.72. The molecule has 2 aliphatic rings. The van der Waals surface area contributed by atoms with E-state index < -0.39 is 5.41 Å². The minimum atomic E-state index is -0.437. The highest BCUT2D eigenvalue weighted by atomic mass is 16.5. The van der Waals surface area contributed by atoms with Gasteiger partial charge in [-0.3, -0.25) is 14.5 Å². The number of aromatic amines is 1. The molecule has 2 aromatic rings. The van der Waals surface area contributed by atoms with Crippen LogP contribution < -0.4 is 15.4 Å². The number of hydrogen-bond acceptors (Lipinski definition) is 5. The van der Waals surface area contributed by atoms with Crippen molar-refractivity contribution >= 4 is 11.8 Å². The number of amides is 2. The summed E-state index contributed by atoms with van der Waals surface area (Å²) in [5, 5.41) is 5.88. The first kappa shape index (κ1) is 23.0. The van der Waals surface area contributed by atoms with Crippen LogP contribution in [0.25, 0.3) is 0 Å². The lowest BCUT2D eigenvalue weighted by molar-refractivity contribution is -0.134. The lowest BCUT2D eigenvalue weighted by Gasteiger charge is -2.40. The lowest BCUT2D eigenvalue weighted by Crippen LogP contribution is -2.49. The fourth-order valence-electron chi connectivity index (χ4n) is 4.51. The summed E-state index contributed by atoms with van der Waals surface area (Å²) in [4.78, 5) is 35.3. The van der Waals surface area contributed by atoms with Gasteiger partial charge in [0.1, 0.15) is 5.75 Å². The number of benzene rings is 1. The van der Waals surface area contributed by atoms with Crippen molar-refractivity contribution in [1.29, 1.82) is 0 Å². The molecule has 4 rings (SSSR count). The molecule has 1 aromatic heterocycles. The van der Waals surface area contributed by atoms with Crippen LogP contribution in [-0.2, 0) is 22.6 Å². The Bertz CT molecular complexity index is 991. The predicted molar refractivity (Wildman–Crippen MR) is 126 cm³/mol. The maximum Gasteiger partial charge on any atom is 0.258 e. The fourth-order valence-corrected chi connectivity index (χ4v) is 4.51. The number of rotatable bonds is 2. The highest BCUT2D eigenvalue weighted by Crippen LogP contribution is 2.36. The number of H-pyrrole nitrogens is 1. The summed E-state index contributed by atoms with van der Waals surface area (Å²) in [5.74, 6) is 0.600. The maximum absolute atomic E-state index is 13.3. The van der Waals surface area contributed by atoms with Crippen molar-refractivity contribution in [2.45, 2.75) is 39.2 Å². The van der Waals surface area contributed by atoms with Gasteiger partial charge in [0.05, 0.1) is 17.4 Å². The third-order valence-electron chi connectivity index (χ3n) is 6.68. The monoisotopic (exact) mass is 451 g/mol. The predicted octanol–water partition coefficient (Wildman–Crippen LogP) is 2.11. The third-order valence-corrected chi connectivity index (χ3v) is 6.68. The van der Waals surface area contributed by atoms with Crippen molar-refractivity contribution in [3.05, 3.63) is 59.7 Å². The van der Waals surface area contributed by atoms with Gasteiger partial charge in [0, 0.05) is 25.3 Å². The van der Waals surface area contributed by atoms with E-state index in [0.717, 1.165) is 55.2 Å². The largest absolute Gasteiger partial charge is 0.483 e. The van der Waals surface area contributed by atoms with Crippen molar-refractivity contribution in [2.75, 3.05) is 32.8 Å². The van der Waals surface area contributed by atoms with Crippen LogP contribution in [-0.4, -0.2) is 59.5 Å². The zero-order valence-corrected chi connectivity index (χ0v) is 19.2. The van der Waals surface area contributed by atoms with Crippen molar-refractivity contribution < 1.29 is 14.3 Å². The number of nitrogens with one attached hydrogen (secondary N) is 3. The zero-order chi connectivity index (χ0) is 23.1. The topological polar surface area (TPSA) is 99.3 Å². The smallest absolute Gasteiger partial charge is 0.258 e. The summed E-state index contributed by atoms with van der Waals surface area (Å²) in [7, 11) is 0. The van der Waals surface area contributed by atoms with E-state index in [1.165, 1.54) is 0 Å². The molecular weight excluding hydrogens is 418 g/mol. The second-order valence-electron chi connectivity index (χ2n) is 8.91. The fraction of sp³-hybridized carbons (Fsp3) is 0.480. The molecule has 0 aliphatic carbocycles. The summed E-state index contributed by atoms with van der Waals surface area (Å²) in [6, 6.07) is 7.77. The highest BCUT2D eigenvalue weighted by molar-refractivity contribution is 5.83. The number of carbonyl (C=O) groups excluding carboxylic acids is 2. The van der Waals surface area contributed by atoms with Crippen LogP contribution >= 0.6 is 0 Å². The quantitative estimate of drug-likeness (QED) is 0.608. The number of piperidine rings is 1. The van der Waals surface area contributed by atoms with Crippen LogP contribution in [0, 0.1) is 12.3 Å². The first-order chi connectivity index (χ1) is 16.1. The number of allylic oxidation sites excluding steroid dienone is 2. The molecule has 2 amide bonds. The van der Waals surface area contributed by atoms with Crippen LogP contribution in [0.3, 0.4) is 0 Å². The Morgan fingerprint density at radius 2 is 1.88 bits per heavy atom. The molecule has 176 valence electrons. The highest BCUT2D eigenvalue weighted by Gasteiger charge is 2.40. The minimum absolute atomic E-state index is 0.0378. The molecule has 1 spiro atoms. The Morgan fingerprint density at radius 1 is 1.09 bits per heavy atom. The van der Waals surface area contributed by atoms with Crippen molar-refractivity contribution in [1.82, 2.24) is 25.5 Å². The number of aromatic nitrogens is 2. The van der Waals surface area contributed by atoms with E-state index in [4.69, 9.17) is 4.74 Å². The molecule has 2 aliphatic heterocycles. The molecule has 3 N–H and O–H groups in total. The number of para-hydroxylation sites is 1. The van der Waals surface area contributed by atoms with E-state index >= 15 is 0 Å². The van der Waals surface area contributed by atoms with Crippen LogP contribution in [0.1, 0.15) is 36.2 Å².